The minimum Gasteiger partial charge on any atom is -0.314 e. The van der Waals surface area contributed by atoms with Crippen LogP contribution >= 0.6 is 12.6 Å². The van der Waals surface area contributed by atoms with E-state index in [4.69, 9.17) is 0 Å². The van der Waals surface area contributed by atoms with Gasteiger partial charge >= 0.3 is 0 Å². The summed E-state index contributed by atoms with van der Waals surface area (Å²) in [5.74, 6) is -0.131. The fraction of sp³-hybridized carbons (Fsp3) is 0.529. The van der Waals surface area contributed by atoms with E-state index in [9.17, 15) is 9.59 Å². The third kappa shape index (κ3) is 8.72. The minimum absolute atomic E-state index is 0.0654. The number of anilines is 2. The van der Waals surface area contributed by atoms with E-state index < -0.39 is 0 Å². The van der Waals surface area contributed by atoms with Gasteiger partial charge in [-0.1, -0.05) is 39.8 Å². The predicted octanol–water partition coefficient (Wildman–Crippen LogP) is 4.25. The van der Waals surface area contributed by atoms with Crippen LogP contribution in [0.1, 0.15) is 41.5 Å². The van der Waals surface area contributed by atoms with E-state index in [1.54, 1.807) is 20.4 Å². The van der Waals surface area contributed by atoms with Crippen molar-refractivity contribution in [1.82, 2.24) is 0 Å². The molecule has 0 aliphatic rings. The quantitative estimate of drug-likeness (QED) is 0.825. The van der Waals surface area contributed by atoms with Crippen molar-refractivity contribution < 1.29 is 9.59 Å². The summed E-state index contributed by atoms with van der Waals surface area (Å²) >= 11 is 3.53. The number of hydrogen-bond acceptors (Lipinski definition) is 3. The van der Waals surface area contributed by atoms with E-state index in [0.717, 1.165) is 11.4 Å². The van der Waals surface area contributed by atoms with Gasteiger partial charge in [0.25, 0.3) is 0 Å². The normalized spacial score (nSPS) is 7.91. The first-order chi connectivity index (χ1) is 10.4. The molecule has 0 spiro atoms. The van der Waals surface area contributed by atoms with Crippen molar-refractivity contribution in [2.75, 3.05) is 30.2 Å². The molecule has 0 atom stereocenters. The lowest BCUT2D eigenvalue weighted by Gasteiger charge is -2.24. The Kier molecular flexibility index (Phi) is 18.4. The molecule has 1 aromatic carbocycles. The van der Waals surface area contributed by atoms with Crippen molar-refractivity contribution in [2.24, 2.45) is 0 Å². The Hall–Kier alpha value is -1.49. The van der Waals surface area contributed by atoms with Crippen LogP contribution in [0.2, 0.25) is 0 Å². The first kappa shape index (κ1) is 25.5. The highest BCUT2D eigenvalue weighted by Crippen LogP contribution is 2.27. The maximum atomic E-state index is 11.3. The highest BCUT2D eigenvalue weighted by atomic mass is 32.1. The lowest BCUT2D eigenvalue weighted by molar-refractivity contribution is -0.117. The van der Waals surface area contributed by atoms with E-state index in [-0.39, 0.29) is 11.8 Å². The van der Waals surface area contributed by atoms with Gasteiger partial charge < -0.3 is 9.80 Å². The van der Waals surface area contributed by atoms with E-state index in [2.05, 4.69) is 12.6 Å². The maximum Gasteiger partial charge on any atom is 0.223 e. The Balaban J connectivity index is -0.000000535. The molecule has 0 fully saturated rings. The molecule has 0 saturated heterocycles. The van der Waals surface area contributed by atoms with Gasteiger partial charge in [0, 0.05) is 27.9 Å². The molecule has 0 aliphatic heterocycles. The number of nitrogens with zero attached hydrogens (tertiary/aromatic N) is 2. The molecule has 0 unspecified atom stereocenters. The molecule has 0 bridgehead atoms. The van der Waals surface area contributed by atoms with Crippen LogP contribution in [0.5, 0.6) is 0 Å². The molecule has 0 N–H and O–H groups in total. The van der Waals surface area contributed by atoms with Gasteiger partial charge in [0.05, 0.1) is 11.4 Å². The fourth-order valence-electron chi connectivity index (χ4n) is 1.37. The van der Waals surface area contributed by atoms with Gasteiger partial charge in [0.2, 0.25) is 11.8 Å². The number of rotatable bonds is 2. The highest BCUT2D eigenvalue weighted by molar-refractivity contribution is 7.79. The van der Waals surface area contributed by atoms with Crippen LogP contribution < -0.4 is 9.80 Å². The van der Waals surface area contributed by atoms with Crippen LogP contribution in [-0.2, 0) is 9.59 Å². The molecule has 1 aromatic rings. The summed E-state index contributed by atoms with van der Waals surface area (Å²) < 4.78 is 0. The Labute approximate surface area is 141 Å². The van der Waals surface area contributed by atoms with Gasteiger partial charge in [-0.15, -0.1) is 0 Å². The number of hydrogen-bond donors (Lipinski definition) is 1. The van der Waals surface area contributed by atoms with Crippen LogP contribution in [0.3, 0.4) is 0 Å². The second kappa shape index (κ2) is 15.9. The number of thiol groups is 1. The van der Waals surface area contributed by atoms with Crippen LogP contribution in [0.25, 0.3) is 0 Å². The third-order valence-electron chi connectivity index (χ3n) is 2.55. The van der Waals surface area contributed by atoms with Gasteiger partial charge in [-0.05, 0) is 18.4 Å². The zero-order chi connectivity index (χ0) is 18.3. The molecule has 0 aliphatic carbocycles. The van der Waals surface area contributed by atoms with Gasteiger partial charge in [0.1, 0.15) is 0 Å². The number of amides is 2. The summed E-state index contributed by atoms with van der Waals surface area (Å²) in [5, 5.41) is 0. The van der Waals surface area contributed by atoms with Crippen LogP contribution in [0.4, 0.5) is 11.4 Å². The summed E-state index contributed by atoms with van der Waals surface area (Å²) in [6.07, 6.45) is 1.69. The van der Waals surface area contributed by atoms with Gasteiger partial charge in [-0.25, -0.2) is 0 Å². The van der Waals surface area contributed by atoms with E-state index in [1.165, 1.54) is 23.6 Å². The van der Waals surface area contributed by atoms with Gasteiger partial charge in [-0.3, -0.25) is 9.59 Å². The summed E-state index contributed by atoms with van der Waals surface area (Å²) in [6, 6.07) is 7.31. The van der Waals surface area contributed by atoms with E-state index in [1.807, 2.05) is 52.0 Å². The Morgan fingerprint density at radius 2 is 1.00 bits per heavy atom. The van der Waals surface area contributed by atoms with Crippen LogP contribution in [0.15, 0.2) is 24.3 Å². The number of para-hydroxylation sites is 2. The molecular formula is C17H32N2O2S. The van der Waals surface area contributed by atoms with Crippen LogP contribution in [-0.4, -0.2) is 32.2 Å². The molecule has 0 radical (unpaired) electrons. The summed E-state index contributed by atoms with van der Waals surface area (Å²) in [6.45, 7) is 11.0. The third-order valence-corrected chi connectivity index (χ3v) is 2.55. The Bertz CT molecular complexity index is 384. The molecule has 4 nitrogen and oxygen atoms in total. The molecule has 22 heavy (non-hydrogen) atoms. The Morgan fingerprint density at radius 1 is 0.773 bits per heavy atom. The monoisotopic (exact) mass is 328 g/mol. The zero-order valence-corrected chi connectivity index (χ0v) is 16.4. The van der Waals surface area contributed by atoms with Crippen LogP contribution in [0, 0.1) is 0 Å². The molecule has 0 heterocycles. The van der Waals surface area contributed by atoms with Crippen molar-refractivity contribution in [1.29, 1.82) is 0 Å². The number of carbonyl (C=O) groups excluding carboxylic acids is 2. The van der Waals surface area contributed by atoms with Crippen molar-refractivity contribution >= 4 is 35.8 Å². The molecule has 5 heteroatoms. The first-order valence-electron chi connectivity index (χ1n) is 7.47. The largest absolute Gasteiger partial charge is 0.314 e. The van der Waals surface area contributed by atoms with E-state index >= 15 is 0 Å². The highest BCUT2D eigenvalue weighted by Gasteiger charge is 2.14. The molecule has 1 rings (SSSR count). The van der Waals surface area contributed by atoms with Crippen molar-refractivity contribution in [2.45, 2.75) is 41.5 Å². The summed E-state index contributed by atoms with van der Waals surface area (Å²) in [5.41, 5.74) is 1.46. The smallest absolute Gasteiger partial charge is 0.223 e. The topological polar surface area (TPSA) is 40.6 Å². The van der Waals surface area contributed by atoms with Gasteiger partial charge in [-0.2, -0.15) is 12.6 Å². The van der Waals surface area contributed by atoms with E-state index in [0.29, 0.717) is 0 Å². The second-order valence-electron chi connectivity index (χ2n) is 3.64. The molecule has 0 aromatic heterocycles. The second-order valence-corrected chi connectivity index (χ2v) is 3.64. The zero-order valence-electron chi connectivity index (χ0n) is 15.5. The van der Waals surface area contributed by atoms with Gasteiger partial charge in [0.15, 0.2) is 0 Å². The van der Waals surface area contributed by atoms with Crippen molar-refractivity contribution in [3.63, 3.8) is 0 Å². The lowest BCUT2D eigenvalue weighted by Crippen LogP contribution is -2.28. The standard InChI is InChI=1S/C12H16N2O2.2C2H6.CH4S/c1-9(15)13(3)11-7-5-6-8-12(11)14(4)10(2)16;3*1-2/h5-8H,1-4H3;2*1-2H3;2H,1H3. The SMILES string of the molecule is CC.CC.CC(=O)N(C)c1ccccc1N(C)C(C)=O.CS. The fourth-order valence-corrected chi connectivity index (χ4v) is 1.37. The summed E-state index contributed by atoms with van der Waals surface area (Å²) in [4.78, 5) is 25.7. The minimum atomic E-state index is -0.0654. The number of carbonyl (C=O) groups is 2. The van der Waals surface area contributed by atoms with Crippen molar-refractivity contribution in [3.8, 4) is 0 Å². The molecule has 2 amide bonds. The lowest BCUT2D eigenvalue weighted by atomic mass is 10.2. The summed E-state index contributed by atoms with van der Waals surface area (Å²) in [7, 11) is 3.38. The molecule has 0 saturated carbocycles. The Morgan fingerprint density at radius 3 is 1.18 bits per heavy atom. The predicted molar refractivity (Wildman–Crippen MR) is 102 cm³/mol. The van der Waals surface area contributed by atoms with Crippen molar-refractivity contribution in [3.05, 3.63) is 24.3 Å². The molecular weight excluding hydrogens is 296 g/mol. The molecule has 128 valence electrons. The average Bonchev–Trinajstić information content (AvgIpc) is 2.58. The average molecular weight is 329 g/mol. The number of benzene rings is 1. The maximum absolute atomic E-state index is 11.3. The first-order valence-corrected chi connectivity index (χ1v) is 8.37.